The summed E-state index contributed by atoms with van der Waals surface area (Å²) in [5, 5.41) is 0.879. The number of ether oxygens (including phenoxy) is 2. The van der Waals surface area contributed by atoms with E-state index in [0.29, 0.717) is 28.9 Å². The van der Waals surface area contributed by atoms with E-state index < -0.39 is 0 Å². The predicted molar refractivity (Wildman–Crippen MR) is 119 cm³/mol. The number of benzene rings is 2. The van der Waals surface area contributed by atoms with Crippen molar-refractivity contribution < 1.29 is 14.3 Å². The molecule has 0 saturated carbocycles. The second kappa shape index (κ2) is 8.34. The number of amides is 1. The summed E-state index contributed by atoms with van der Waals surface area (Å²) < 4.78 is 10.9. The number of nitrogens with zero attached hydrogens (tertiary/aromatic N) is 2. The summed E-state index contributed by atoms with van der Waals surface area (Å²) in [6.07, 6.45) is 1.16. The quantitative estimate of drug-likeness (QED) is 0.611. The van der Waals surface area contributed by atoms with Crippen LogP contribution in [0.5, 0.6) is 11.5 Å². The molecule has 1 aliphatic rings. The van der Waals surface area contributed by atoms with Gasteiger partial charge in [0, 0.05) is 30.1 Å². The molecule has 3 aromatic rings. The van der Waals surface area contributed by atoms with Crippen molar-refractivity contribution in [2.45, 2.75) is 20.3 Å². The maximum atomic E-state index is 13.6. The van der Waals surface area contributed by atoms with E-state index >= 15 is 0 Å². The van der Waals surface area contributed by atoms with Gasteiger partial charge < -0.3 is 14.4 Å². The molecule has 5 heteroatoms. The maximum Gasteiger partial charge on any atom is 0.254 e. The molecule has 5 nitrogen and oxygen atoms in total. The van der Waals surface area contributed by atoms with E-state index in [-0.39, 0.29) is 5.91 Å². The number of likely N-dealkylation sites (tertiary alicyclic amines) is 1. The van der Waals surface area contributed by atoms with E-state index in [1.165, 1.54) is 0 Å². The smallest absolute Gasteiger partial charge is 0.254 e. The lowest BCUT2D eigenvalue weighted by Gasteiger charge is -2.35. The summed E-state index contributed by atoms with van der Waals surface area (Å²) >= 11 is 0. The Kier molecular flexibility index (Phi) is 5.62. The third kappa shape index (κ3) is 3.84. The van der Waals surface area contributed by atoms with Crippen molar-refractivity contribution in [1.82, 2.24) is 9.88 Å². The number of hydrogen-bond donors (Lipinski definition) is 0. The summed E-state index contributed by atoms with van der Waals surface area (Å²) in [6, 6.07) is 15.4. The van der Waals surface area contributed by atoms with E-state index in [0.717, 1.165) is 41.7 Å². The molecule has 4 rings (SSSR count). The Morgan fingerprint density at radius 2 is 1.73 bits per heavy atom. The summed E-state index contributed by atoms with van der Waals surface area (Å²) in [5.74, 6) is 2.46. The Morgan fingerprint density at radius 1 is 1.00 bits per heavy atom. The highest BCUT2D eigenvalue weighted by atomic mass is 16.5. The number of aromatic nitrogens is 1. The first-order chi connectivity index (χ1) is 14.5. The highest BCUT2D eigenvalue weighted by Crippen LogP contribution is 2.35. The van der Waals surface area contributed by atoms with Crippen molar-refractivity contribution in [1.29, 1.82) is 0 Å². The van der Waals surface area contributed by atoms with Gasteiger partial charge in [0.05, 0.1) is 31.0 Å². The Balaban J connectivity index is 1.84. The number of para-hydroxylation sites is 1. The molecule has 1 saturated heterocycles. The van der Waals surface area contributed by atoms with Crippen LogP contribution in [0.4, 0.5) is 0 Å². The lowest BCUT2D eigenvalue weighted by atomic mass is 9.91. The molecule has 0 unspecified atom stereocenters. The standard InChI is InChI=1S/C25H28N2O3/c1-16-11-17(2)15-27(14-16)25(28)21-13-23(26-22-8-6-5-7-19(21)22)20-10-9-18(29-3)12-24(20)30-4/h5-10,12-13,16-17H,11,14-15H2,1-4H3/t16-,17-/m0/s1. The van der Waals surface area contributed by atoms with Gasteiger partial charge in [-0.15, -0.1) is 0 Å². The van der Waals surface area contributed by atoms with Gasteiger partial charge in [0.2, 0.25) is 0 Å². The average molecular weight is 405 g/mol. The molecule has 0 aliphatic carbocycles. The number of methoxy groups -OCH3 is 2. The lowest BCUT2D eigenvalue weighted by Crippen LogP contribution is -2.42. The summed E-state index contributed by atoms with van der Waals surface area (Å²) in [6.45, 7) is 6.02. The third-order valence-electron chi connectivity index (χ3n) is 5.79. The Hall–Kier alpha value is -3.08. The average Bonchev–Trinajstić information content (AvgIpc) is 2.76. The lowest BCUT2D eigenvalue weighted by molar-refractivity contribution is 0.0625. The minimum atomic E-state index is 0.0701. The second-order valence-electron chi connectivity index (χ2n) is 8.29. The number of fused-ring (bicyclic) bond motifs is 1. The van der Waals surface area contributed by atoms with Gasteiger partial charge in [-0.25, -0.2) is 4.98 Å². The van der Waals surface area contributed by atoms with Gasteiger partial charge in [-0.05, 0) is 42.5 Å². The minimum absolute atomic E-state index is 0.0701. The third-order valence-corrected chi connectivity index (χ3v) is 5.79. The summed E-state index contributed by atoms with van der Waals surface area (Å²) in [7, 11) is 3.25. The summed E-state index contributed by atoms with van der Waals surface area (Å²) in [4.78, 5) is 20.4. The molecule has 156 valence electrons. The van der Waals surface area contributed by atoms with Crippen molar-refractivity contribution in [3.05, 3.63) is 54.1 Å². The minimum Gasteiger partial charge on any atom is -0.497 e. The molecule has 2 heterocycles. The first-order valence-electron chi connectivity index (χ1n) is 10.4. The number of rotatable bonds is 4. The van der Waals surface area contributed by atoms with Crippen molar-refractivity contribution in [3.63, 3.8) is 0 Å². The zero-order chi connectivity index (χ0) is 21.3. The molecule has 2 aromatic carbocycles. The molecule has 1 aliphatic heterocycles. The Bertz CT molecular complexity index is 1070. The van der Waals surface area contributed by atoms with Crippen LogP contribution in [0.25, 0.3) is 22.2 Å². The molecule has 2 atom stereocenters. The van der Waals surface area contributed by atoms with Crippen molar-refractivity contribution in [3.8, 4) is 22.8 Å². The van der Waals surface area contributed by atoms with Gasteiger partial charge in [0.1, 0.15) is 11.5 Å². The molecule has 1 fully saturated rings. The van der Waals surface area contributed by atoms with Gasteiger partial charge in [-0.1, -0.05) is 32.0 Å². The molecule has 0 N–H and O–H groups in total. The van der Waals surface area contributed by atoms with Crippen LogP contribution >= 0.6 is 0 Å². The Morgan fingerprint density at radius 3 is 2.43 bits per heavy atom. The molecule has 30 heavy (non-hydrogen) atoms. The number of pyridine rings is 1. The van der Waals surface area contributed by atoms with Crippen molar-refractivity contribution >= 4 is 16.8 Å². The first kappa shape index (κ1) is 20.2. The Labute approximate surface area is 177 Å². The number of hydrogen-bond acceptors (Lipinski definition) is 4. The molecule has 0 radical (unpaired) electrons. The molecule has 1 amide bonds. The van der Waals surface area contributed by atoms with Crippen LogP contribution < -0.4 is 9.47 Å². The van der Waals surface area contributed by atoms with Gasteiger partial charge in [-0.2, -0.15) is 0 Å². The van der Waals surface area contributed by atoms with Gasteiger partial charge in [0.15, 0.2) is 0 Å². The van der Waals surface area contributed by atoms with E-state index in [1.807, 2.05) is 53.4 Å². The predicted octanol–water partition coefficient (Wildman–Crippen LogP) is 5.04. The van der Waals surface area contributed by atoms with E-state index in [9.17, 15) is 4.79 Å². The zero-order valence-electron chi connectivity index (χ0n) is 18.0. The zero-order valence-corrected chi connectivity index (χ0v) is 18.0. The molecule has 1 aromatic heterocycles. The fourth-order valence-electron chi connectivity index (χ4n) is 4.50. The van der Waals surface area contributed by atoms with Crippen LogP contribution in [0, 0.1) is 11.8 Å². The van der Waals surface area contributed by atoms with Gasteiger partial charge in [0.25, 0.3) is 5.91 Å². The highest BCUT2D eigenvalue weighted by Gasteiger charge is 2.27. The molecular formula is C25H28N2O3. The van der Waals surface area contributed by atoms with Crippen molar-refractivity contribution in [2.24, 2.45) is 11.8 Å². The van der Waals surface area contributed by atoms with E-state index in [2.05, 4.69) is 13.8 Å². The maximum absolute atomic E-state index is 13.6. The summed E-state index contributed by atoms with van der Waals surface area (Å²) in [5.41, 5.74) is 3.04. The van der Waals surface area contributed by atoms with E-state index in [4.69, 9.17) is 14.5 Å². The second-order valence-corrected chi connectivity index (χ2v) is 8.29. The normalized spacial score (nSPS) is 19.0. The first-order valence-corrected chi connectivity index (χ1v) is 10.4. The monoisotopic (exact) mass is 404 g/mol. The van der Waals surface area contributed by atoms with Crippen LogP contribution in [0.1, 0.15) is 30.6 Å². The van der Waals surface area contributed by atoms with E-state index in [1.54, 1.807) is 14.2 Å². The van der Waals surface area contributed by atoms with Crippen LogP contribution in [-0.2, 0) is 0 Å². The van der Waals surface area contributed by atoms with Gasteiger partial charge >= 0.3 is 0 Å². The van der Waals surface area contributed by atoms with Crippen LogP contribution in [0.3, 0.4) is 0 Å². The topological polar surface area (TPSA) is 51.7 Å². The fourth-order valence-corrected chi connectivity index (χ4v) is 4.50. The largest absolute Gasteiger partial charge is 0.497 e. The van der Waals surface area contributed by atoms with Gasteiger partial charge in [-0.3, -0.25) is 4.79 Å². The van der Waals surface area contributed by atoms with Crippen LogP contribution in [-0.4, -0.2) is 43.1 Å². The molecular weight excluding hydrogens is 376 g/mol. The van der Waals surface area contributed by atoms with Crippen molar-refractivity contribution in [2.75, 3.05) is 27.3 Å². The molecule has 0 bridgehead atoms. The SMILES string of the molecule is COc1ccc(-c2cc(C(=O)N3C[C@@H](C)C[C@H](C)C3)c3ccccc3n2)c(OC)c1. The number of carbonyl (C=O) groups excluding carboxylic acids is 1. The molecule has 0 spiro atoms. The fraction of sp³-hybridized carbons (Fsp3) is 0.360. The van der Waals surface area contributed by atoms with Crippen LogP contribution in [0.2, 0.25) is 0 Å². The van der Waals surface area contributed by atoms with Crippen LogP contribution in [0.15, 0.2) is 48.5 Å². The number of piperidine rings is 1. The number of carbonyl (C=O) groups is 1. The highest BCUT2D eigenvalue weighted by molar-refractivity contribution is 6.07.